The van der Waals surface area contributed by atoms with Gasteiger partial charge in [0.25, 0.3) is 0 Å². The van der Waals surface area contributed by atoms with E-state index in [1.807, 2.05) is 12.1 Å². The van der Waals surface area contributed by atoms with Crippen LogP contribution in [0.3, 0.4) is 0 Å². The Balaban J connectivity index is 2.69. The molecule has 0 saturated carbocycles. The van der Waals surface area contributed by atoms with Gasteiger partial charge in [-0.15, -0.1) is 0 Å². The molecule has 0 aromatic carbocycles. The first-order valence-electron chi connectivity index (χ1n) is 5.61. The van der Waals surface area contributed by atoms with Gasteiger partial charge in [0, 0.05) is 25.4 Å². The van der Waals surface area contributed by atoms with E-state index in [0.717, 1.165) is 24.1 Å². The Morgan fingerprint density at radius 1 is 1.31 bits per heavy atom. The largest absolute Gasteiger partial charge is 0.475 e. The minimum Gasteiger partial charge on any atom is -0.475 e. The number of rotatable bonds is 7. The van der Waals surface area contributed by atoms with Crippen molar-refractivity contribution >= 4 is 0 Å². The molecule has 4 nitrogen and oxygen atoms in total. The third-order valence-electron chi connectivity index (χ3n) is 2.19. The van der Waals surface area contributed by atoms with Crippen LogP contribution in [0.5, 0.6) is 5.88 Å². The van der Waals surface area contributed by atoms with Crippen LogP contribution in [-0.2, 0) is 17.7 Å². The van der Waals surface area contributed by atoms with Crippen LogP contribution in [0, 0.1) is 0 Å². The van der Waals surface area contributed by atoms with E-state index in [0.29, 0.717) is 25.6 Å². The van der Waals surface area contributed by atoms with Crippen molar-refractivity contribution in [3.8, 4) is 5.88 Å². The van der Waals surface area contributed by atoms with Crippen molar-refractivity contribution in [1.82, 2.24) is 4.98 Å². The lowest BCUT2D eigenvalue weighted by molar-refractivity contribution is 0.143. The molecule has 0 aliphatic carbocycles. The minimum absolute atomic E-state index is 0.514. The first-order valence-corrected chi connectivity index (χ1v) is 5.61. The Morgan fingerprint density at radius 3 is 2.75 bits per heavy atom. The summed E-state index contributed by atoms with van der Waals surface area (Å²) >= 11 is 0. The Bertz CT molecular complexity index is 316. The molecule has 0 atom stereocenters. The summed E-state index contributed by atoms with van der Waals surface area (Å²) in [4.78, 5) is 4.41. The fraction of sp³-hybridized carbons (Fsp3) is 0.583. The highest BCUT2D eigenvalue weighted by atomic mass is 16.5. The highest BCUT2D eigenvalue weighted by molar-refractivity contribution is 5.25. The fourth-order valence-electron chi connectivity index (χ4n) is 1.43. The lowest BCUT2D eigenvalue weighted by Crippen LogP contribution is -2.07. The van der Waals surface area contributed by atoms with Crippen molar-refractivity contribution < 1.29 is 9.47 Å². The van der Waals surface area contributed by atoms with Crippen LogP contribution >= 0.6 is 0 Å². The van der Waals surface area contributed by atoms with Crippen LogP contribution in [0.25, 0.3) is 0 Å². The number of ether oxygens (including phenoxy) is 2. The molecule has 0 aliphatic heterocycles. The van der Waals surface area contributed by atoms with Gasteiger partial charge in [0.15, 0.2) is 0 Å². The number of aryl methyl sites for hydroxylation is 1. The highest BCUT2D eigenvalue weighted by Gasteiger charge is 2.02. The van der Waals surface area contributed by atoms with Gasteiger partial charge in [0.05, 0.1) is 6.61 Å². The van der Waals surface area contributed by atoms with E-state index in [-0.39, 0.29) is 0 Å². The number of hydrogen-bond donors (Lipinski definition) is 1. The molecule has 16 heavy (non-hydrogen) atoms. The summed E-state index contributed by atoms with van der Waals surface area (Å²) in [7, 11) is 1.65. The normalized spacial score (nSPS) is 10.4. The Morgan fingerprint density at radius 2 is 2.12 bits per heavy atom. The van der Waals surface area contributed by atoms with Gasteiger partial charge in [0.1, 0.15) is 6.61 Å². The van der Waals surface area contributed by atoms with E-state index in [1.54, 1.807) is 7.11 Å². The first-order chi connectivity index (χ1) is 7.80. The summed E-state index contributed by atoms with van der Waals surface area (Å²) in [5.41, 5.74) is 7.73. The summed E-state index contributed by atoms with van der Waals surface area (Å²) in [6.07, 6.45) is 2.02. The third-order valence-corrected chi connectivity index (χ3v) is 2.19. The van der Waals surface area contributed by atoms with Gasteiger partial charge in [-0.2, -0.15) is 0 Å². The second-order valence-electron chi connectivity index (χ2n) is 3.60. The maximum atomic E-state index is 5.63. The van der Waals surface area contributed by atoms with Crippen molar-refractivity contribution in [1.29, 1.82) is 0 Å². The molecule has 0 spiro atoms. The maximum Gasteiger partial charge on any atom is 0.213 e. The van der Waals surface area contributed by atoms with Crippen molar-refractivity contribution in [3.05, 3.63) is 23.4 Å². The molecular weight excluding hydrogens is 204 g/mol. The monoisotopic (exact) mass is 224 g/mol. The molecule has 0 radical (unpaired) electrons. The van der Waals surface area contributed by atoms with Crippen molar-refractivity contribution in [3.63, 3.8) is 0 Å². The molecule has 4 heteroatoms. The Hall–Kier alpha value is -1.13. The first kappa shape index (κ1) is 12.9. The lowest BCUT2D eigenvalue weighted by Gasteiger charge is -2.08. The molecule has 1 rings (SSSR count). The van der Waals surface area contributed by atoms with Gasteiger partial charge >= 0.3 is 0 Å². The van der Waals surface area contributed by atoms with E-state index in [4.69, 9.17) is 15.2 Å². The predicted octanol–water partition coefficient (Wildman–Crippen LogP) is 1.52. The molecule has 1 aromatic heterocycles. The summed E-state index contributed by atoms with van der Waals surface area (Å²) in [5.74, 6) is 0.642. The molecule has 0 unspecified atom stereocenters. The molecule has 2 N–H and O–H groups in total. The number of hydrogen-bond acceptors (Lipinski definition) is 4. The molecule has 0 amide bonds. The van der Waals surface area contributed by atoms with Crippen LogP contribution in [-0.4, -0.2) is 25.3 Å². The summed E-state index contributed by atoms with van der Waals surface area (Å²) < 4.78 is 10.4. The van der Waals surface area contributed by atoms with E-state index in [9.17, 15) is 0 Å². The van der Waals surface area contributed by atoms with Crippen LogP contribution in [0.4, 0.5) is 0 Å². The predicted molar refractivity (Wildman–Crippen MR) is 63.5 cm³/mol. The van der Waals surface area contributed by atoms with Gasteiger partial charge in [-0.1, -0.05) is 13.3 Å². The Labute approximate surface area is 96.8 Å². The summed E-state index contributed by atoms with van der Waals surface area (Å²) in [5, 5.41) is 0. The third kappa shape index (κ3) is 4.16. The minimum atomic E-state index is 0.514. The SMILES string of the molecule is CCCc1cc(CN)cc(OCCOC)n1. The molecule has 1 heterocycles. The van der Waals surface area contributed by atoms with Crippen molar-refractivity contribution in [2.45, 2.75) is 26.3 Å². The van der Waals surface area contributed by atoms with Crippen LogP contribution < -0.4 is 10.5 Å². The highest BCUT2D eigenvalue weighted by Crippen LogP contribution is 2.13. The van der Waals surface area contributed by atoms with E-state index < -0.39 is 0 Å². The number of nitrogens with zero attached hydrogens (tertiary/aromatic N) is 1. The molecule has 0 fully saturated rings. The smallest absolute Gasteiger partial charge is 0.213 e. The molecule has 90 valence electrons. The van der Waals surface area contributed by atoms with Crippen LogP contribution in [0.15, 0.2) is 12.1 Å². The van der Waals surface area contributed by atoms with E-state index in [2.05, 4.69) is 11.9 Å². The quantitative estimate of drug-likeness (QED) is 0.713. The number of pyridine rings is 1. The second kappa shape index (κ2) is 7.19. The standard InChI is InChI=1S/C12H20N2O2/c1-3-4-11-7-10(9-13)8-12(14-11)16-6-5-15-2/h7-8H,3-6,9,13H2,1-2H3. The zero-order valence-electron chi connectivity index (χ0n) is 10.0. The number of methoxy groups -OCH3 is 1. The maximum absolute atomic E-state index is 5.63. The van der Waals surface area contributed by atoms with E-state index >= 15 is 0 Å². The van der Waals surface area contributed by atoms with Crippen molar-refractivity contribution in [2.24, 2.45) is 5.73 Å². The lowest BCUT2D eigenvalue weighted by atomic mass is 10.1. The van der Waals surface area contributed by atoms with Crippen LogP contribution in [0.1, 0.15) is 24.6 Å². The topological polar surface area (TPSA) is 57.4 Å². The molecule has 0 bridgehead atoms. The zero-order valence-corrected chi connectivity index (χ0v) is 10.0. The Kier molecular flexibility index (Phi) is 5.82. The zero-order chi connectivity index (χ0) is 11.8. The average Bonchev–Trinajstić information content (AvgIpc) is 2.29. The van der Waals surface area contributed by atoms with E-state index in [1.165, 1.54) is 0 Å². The second-order valence-corrected chi connectivity index (χ2v) is 3.60. The summed E-state index contributed by atoms with van der Waals surface area (Å²) in [6.45, 7) is 3.73. The molecule has 1 aromatic rings. The van der Waals surface area contributed by atoms with Crippen LogP contribution in [0.2, 0.25) is 0 Å². The fourth-order valence-corrected chi connectivity index (χ4v) is 1.43. The number of aromatic nitrogens is 1. The summed E-state index contributed by atoms with van der Waals surface area (Å²) in [6, 6.07) is 3.92. The van der Waals surface area contributed by atoms with Crippen molar-refractivity contribution in [2.75, 3.05) is 20.3 Å². The molecular formula is C12H20N2O2. The van der Waals surface area contributed by atoms with Gasteiger partial charge in [0.2, 0.25) is 5.88 Å². The molecule has 0 aliphatic rings. The van der Waals surface area contributed by atoms with Gasteiger partial charge in [-0.3, -0.25) is 0 Å². The average molecular weight is 224 g/mol. The van der Waals surface area contributed by atoms with Gasteiger partial charge in [-0.05, 0) is 18.1 Å². The molecule has 0 saturated heterocycles. The number of nitrogens with two attached hydrogens (primary N) is 1. The van der Waals surface area contributed by atoms with Gasteiger partial charge in [-0.25, -0.2) is 4.98 Å². The van der Waals surface area contributed by atoms with Gasteiger partial charge < -0.3 is 15.2 Å².